The van der Waals surface area contributed by atoms with Gasteiger partial charge in [-0.3, -0.25) is 4.79 Å². The normalized spacial score (nSPS) is 15.7. The molecule has 0 N–H and O–H groups in total. The monoisotopic (exact) mass is 284 g/mol. The second kappa shape index (κ2) is 4.48. The molecule has 0 radical (unpaired) electrons. The maximum Gasteiger partial charge on any atom is 0.196 e. The predicted molar refractivity (Wildman–Crippen MR) is 81.2 cm³/mol. The minimum Gasteiger partial charge on any atom is -0.487 e. The summed E-state index contributed by atoms with van der Waals surface area (Å²) in [4.78, 5) is 12.8. The fourth-order valence-electron chi connectivity index (χ4n) is 3.02. The van der Waals surface area contributed by atoms with Gasteiger partial charge in [0.1, 0.15) is 22.9 Å². The molecule has 0 fully saturated rings. The molecule has 3 heteroatoms. The number of ether oxygens (including phenoxy) is 1. The molecule has 110 valence electrons. The summed E-state index contributed by atoms with van der Waals surface area (Å²) in [5.74, 6) is 2.40. The fourth-order valence-corrected chi connectivity index (χ4v) is 3.02. The van der Waals surface area contributed by atoms with Crippen LogP contribution in [-0.2, 0) is 6.42 Å². The molecule has 1 aliphatic rings. The molecule has 2 heterocycles. The number of aryl methyl sites for hydroxylation is 2. The zero-order valence-corrected chi connectivity index (χ0v) is 13.2. The Bertz CT molecular complexity index is 735. The lowest BCUT2D eigenvalue weighted by atomic mass is 9.95. The molecular formula is C18H20O3. The van der Waals surface area contributed by atoms with E-state index in [1.165, 1.54) is 0 Å². The Morgan fingerprint density at radius 3 is 2.48 bits per heavy atom. The van der Waals surface area contributed by atoms with Crippen molar-refractivity contribution in [2.75, 3.05) is 0 Å². The summed E-state index contributed by atoms with van der Waals surface area (Å²) >= 11 is 0. The van der Waals surface area contributed by atoms with Gasteiger partial charge in [0.05, 0.1) is 5.56 Å². The standard InChI is InChI=1S/C18H20O3/c1-10-11(2)20-12(3)16(10)17(19)13-6-7-15-14(8-13)9-18(4,5)21-15/h6-8H,9H2,1-5H3. The number of carbonyl (C=O) groups excluding carboxylic acids is 1. The molecule has 0 saturated carbocycles. The number of furan rings is 1. The predicted octanol–water partition coefficient (Wildman–Crippen LogP) is 4.15. The molecule has 0 saturated heterocycles. The third kappa shape index (κ3) is 2.27. The summed E-state index contributed by atoms with van der Waals surface area (Å²) in [6, 6.07) is 5.69. The zero-order valence-electron chi connectivity index (χ0n) is 13.2. The van der Waals surface area contributed by atoms with Crippen LogP contribution >= 0.6 is 0 Å². The van der Waals surface area contributed by atoms with Crippen LogP contribution in [0.25, 0.3) is 0 Å². The number of fused-ring (bicyclic) bond motifs is 1. The molecule has 1 aliphatic heterocycles. The van der Waals surface area contributed by atoms with Crippen molar-refractivity contribution < 1.29 is 13.9 Å². The van der Waals surface area contributed by atoms with Gasteiger partial charge in [0.25, 0.3) is 0 Å². The lowest BCUT2D eigenvalue weighted by Crippen LogP contribution is -2.24. The van der Waals surface area contributed by atoms with E-state index in [0.29, 0.717) is 16.9 Å². The number of hydrogen-bond acceptors (Lipinski definition) is 3. The first kappa shape index (κ1) is 13.9. The van der Waals surface area contributed by atoms with Crippen LogP contribution < -0.4 is 4.74 Å². The Morgan fingerprint density at radius 2 is 1.86 bits per heavy atom. The van der Waals surface area contributed by atoms with Crippen molar-refractivity contribution >= 4 is 5.78 Å². The Labute approximate surface area is 124 Å². The highest BCUT2D eigenvalue weighted by molar-refractivity contribution is 6.10. The van der Waals surface area contributed by atoms with E-state index >= 15 is 0 Å². The minimum atomic E-state index is -0.192. The average Bonchev–Trinajstić information content (AvgIpc) is 2.83. The summed E-state index contributed by atoms with van der Waals surface area (Å²) in [7, 11) is 0. The number of benzene rings is 1. The van der Waals surface area contributed by atoms with Crippen LogP contribution in [0.1, 0.15) is 52.4 Å². The van der Waals surface area contributed by atoms with Gasteiger partial charge in [-0.15, -0.1) is 0 Å². The topological polar surface area (TPSA) is 39.4 Å². The highest BCUT2D eigenvalue weighted by atomic mass is 16.5. The van der Waals surface area contributed by atoms with E-state index < -0.39 is 0 Å². The number of carbonyl (C=O) groups is 1. The molecule has 21 heavy (non-hydrogen) atoms. The van der Waals surface area contributed by atoms with E-state index in [-0.39, 0.29) is 11.4 Å². The van der Waals surface area contributed by atoms with Crippen molar-refractivity contribution in [2.45, 2.75) is 46.6 Å². The molecule has 0 atom stereocenters. The largest absolute Gasteiger partial charge is 0.487 e. The van der Waals surface area contributed by atoms with Gasteiger partial charge in [-0.1, -0.05) is 0 Å². The van der Waals surface area contributed by atoms with Crippen molar-refractivity contribution in [3.05, 3.63) is 52.0 Å². The second-order valence-electron chi connectivity index (χ2n) is 6.40. The SMILES string of the molecule is Cc1oc(C)c(C(=O)c2ccc3c(c2)CC(C)(C)O3)c1C. The van der Waals surface area contributed by atoms with Crippen LogP contribution in [0.5, 0.6) is 5.75 Å². The second-order valence-corrected chi connectivity index (χ2v) is 6.40. The molecule has 3 rings (SSSR count). The van der Waals surface area contributed by atoms with Crippen LogP contribution in [0.2, 0.25) is 0 Å². The van der Waals surface area contributed by atoms with Gasteiger partial charge in [0.2, 0.25) is 0 Å². The molecule has 0 amide bonds. The van der Waals surface area contributed by atoms with E-state index in [2.05, 4.69) is 13.8 Å². The minimum absolute atomic E-state index is 0.0226. The number of rotatable bonds is 2. The molecular weight excluding hydrogens is 264 g/mol. The first-order valence-corrected chi connectivity index (χ1v) is 7.22. The smallest absolute Gasteiger partial charge is 0.196 e. The number of hydrogen-bond donors (Lipinski definition) is 0. The fraction of sp³-hybridized carbons (Fsp3) is 0.389. The van der Waals surface area contributed by atoms with Gasteiger partial charge in [-0.25, -0.2) is 0 Å². The molecule has 2 aromatic rings. The van der Waals surface area contributed by atoms with Crippen LogP contribution in [0, 0.1) is 20.8 Å². The Hall–Kier alpha value is -2.03. The quantitative estimate of drug-likeness (QED) is 0.778. The van der Waals surface area contributed by atoms with Crippen LogP contribution in [0.15, 0.2) is 22.6 Å². The van der Waals surface area contributed by atoms with Crippen molar-refractivity contribution in [3.63, 3.8) is 0 Å². The van der Waals surface area contributed by atoms with Gasteiger partial charge >= 0.3 is 0 Å². The maximum absolute atomic E-state index is 12.8. The average molecular weight is 284 g/mol. The van der Waals surface area contributed by atoms with Gasteiger partial charge in [-0.2, -0.15) is 0 Å². The van der Waals surface area contributed by atoms with Gasteiger partial charge in [0, 0.05) is 17.5 Å². The molecule has 1 aromatic heterocycles. The first-order chi connectivity index (χ1) is 9.78. The summed E-state index contributed by atoms with van der Waals surface area (Å²) in [5.41, 5.74) is 3.21. The Kier molecular flexibility index (Phi) is 2.97. The maximum atomic E-state index is 12.8. The van der Waals surface area contributed by atoms with Crippen molar-refractivity contribution in [2.24, 2.45) is 0 Å². The van der Waals surface area contributed by atoms with E-state index in [9.17, 15) is 4.79 Å². The van der Waals surface area contributed by atoms with E-state index in [4.69, 9.17) is 9.15 Å². The van der Waals surface area contributed by atoms with Crippen LogP contribution in [0.3, 0.4) is 0 Å². The molecule has 0 aliphatic carbocycles. The Morgan fingerprint density at radius 1 is 1.14 bits per heavy atom. The molecule has 3 nitrogen and oxygen atoms in total. The van der Waals surface area contributed by atoms with Gasteiger partial charge in [-0.05, 0) is 58.4 Å². The highest BCUT2D eigenvalue weighted by Crippen LogP contribution is 2.36. The van der Waals surface area contributed by atoms with Crippen LogP contribution in [0.4, 0.5) is 0 Å². The third-order valence-corrected chi connectivity index (χ3v) is 4.11. The summed E-state index contributed by atoms with van der Waals surface area (Å²) < 4.78 is 11.4. The van der Waals surface area contributed by atoms with E-state index in [0.717, 1.165) is 29.1 Å². The van der Waals surface area contributed by atoms with Gasteiger partial charge < -0.3 is 9.15 Å². The molecule has 0 unspecified atom stereocenters. The molecule has 0 spiro atoms. The lowest BCUT2D eigenvalue weighted by Gasteiger charge is -2.16. The third-order valence-electron chi connectivity index (χ3n) is 4.11. The Balaban J connectivity index is 2.01. The molecule has 1 aromatic carbocycles. The summed E-state index contributed by atoms with van der Waals surface area (Å²) in [5, 5.41) is 0. The van der Waals surface area contributed by atoms with E-state index in [1.54, 1.807) is 0 Å². The first-order valence-electron chi connectivity index (χ1n) is 7.22. The van der Waals surface area contributed by atoms with E-state index in [1.807, 2.05) is 39.0 Å². The van der Waals surface area contributed by atoms with Crippen molar-refractivity contribution in [1.29, 1.82) is 0 Å². The van der Waals surface area contributed by atoms with Crippen molar-refractivity contribution in [1.82, 2.24) is 0 Å². The molecule has 0 bridgehead atoms. The van der Waals surface area contributed by atoms with Crippen molar-refractivity contribution in [3.8, 4) is 5.75 Å². The zero-order chi connectivity index (χ0) is 15.4. The summed E-state index contributed by atoms with van der Waals surface area (Å²) in [6.07, 6.45) is 0.825. The number of ketones is 1. The summed E-state index contributed by atoms with van der Waals surface area (Å²) in [6.45, 7) is 9.77. The lowest BCUT2D eigenvalue weighted by molar-refractivity contribution is 0.103. The highest BCUT2D eigenvalue weighted by Gasteiger charge is 2.31. The van der Waals surface area contributed by atoms with Gasteiger partial charge in [0.15, 0.2) is 5.78 Å². The van der Waals surface area contributed by atoms with Crippen LogP contribution in [-0.4, -0.2) is 11.4 Å².